The van der Waals surface area contributed by atoms with Crippen molar-refractivity contribution in [1.29, 1.82) is 0 Å². The molecular weight excluding hydrogens is 250 g/mol. The lowest BCUT2D eigenvalue weighted by Crippen LogP contribution is -2.01. The van der Waals surface area contributed by atoms with Crippen LogP contribution in [-0.2, 0) is 0 Å². The van der Waals surface area contributed by atoms with Gasteiger partial charge in [-0.1, -0.05) is 53.1 Å². The first-order chi connectivity index (χ1) is 8.72. The maximum Gasteiger partial charge on any atom is 0.193 e. The number of rotatable bonds is 3. The number of hydrogen-bond donors (Lipinski definition) is 0. The molecule has 0 saturated carbocycles. The van der Waals surface area contributed by atoms with Gasteiger partial charge < -0.3 is 0 Å². The highest BCUT2D eigenvalue weighted by atomic mass is 35.5. The van der Waals surface area contributed by atoms with Gasteiger partial charge >= 0.3 is 0 Å². The fraction of sp³-hybridized carbons (Fsp3) is 0. The van der Waals surface area contributed by atoms with Crippen molar-refractivity contribution >= 4 is 23.1 Å². The molecule has 0 aliphatic rings. The van der Waals surface area contributed by atoms with Crippen LogP contribution in [0.4, 0.5) is 5.69 Å². The predicted molar refractivity (Wildman–Crippen MR) is 70.1 cm³/mol. The zero-order valence-corrected chi connectivity index (χ0v) is 10.0. The minimum atomic E-state index is -0.222. The second kappa shape index (κ2) is 5.36. The first kappa shape index (κ1) is 12.2. The van der Waals surface area contributed by atoms with Gasteiger partial charge in [0.2, 0.25) is 0 Å². The number of halogens is 1. The summed E-state index contributed by atoms with van der Waals surface area (Å²) in [5.41, 5.74) is 9.57. The monoisotopic (exact) mass is 257 g/mol. The summed E-state index contributed by atoms with van der Waals surface area (Å²) >= 11 is 5.86. The van der Waals surface area contributed by atoms with Crippen molar-refractivity contribution in [2.45, 2.75) is 0 Å². The minimum absolute atomic E-state index is 0.222. The van der Waals surface area contributed by atoms with Gasteiger partial charge in [0.05, 0.1) is 0 Å². The standard InChI is InChI=1S/C13H8ClN3O/c14-10-6-7-12(16-17-15)11(8-10)13(18)9-4-2-1-3-5-9/h1-8H. The van der Waals surface area contributed by atoms with Crippen molar-refractivity contribution in [3.05, 3.63) is 75.1 Å². The van der Waals surface area contributed by atoms with E-state index in [0.29, 0.717) is 16.1 Å². The maximum atomic E-state index is 12.3. The van der Waals surface area contributed by atoms with Crippen molar-refractivity contribution in [2.75, 3.05) is 0 Å². The van der Waals surface area contributed by atoms with E-state index in [4.69, 9.17) is 17.1 Å². The van der Waals surface area contributed by atoms with E-state index in [-0.39, 0.29) is 11.5 Å². The highest BCUT2D eigenvalue weighted by Crippen LogP contribution is 2.26. The van der Waals surface area contributed by atoms with E-state index in [0.717, 1.165) is 0 Å². The van der Waals surface area contributed by atoms with Crippen LogP contribution in [0.1, 0.15) is 15.9 Å². The van der Waals surface area contributed by atoms with Gasteiger partial charge in [-0.25, -0.2) is 0 Å². The molecule has 88 valence electrons. The molecule has 0 saturated heterocycles. The van der Waals surface area contributed by atoms with E-state index >= 15 is 0 Å². The number of hydrogen-bond acceptors (Lipinski definition) is 2. The number of azide groups is 1. The molecule has 0 spiro atoms. The zero-order chi connectivity index (χ0) is 13.0. The fourth-order valence-electron chi connectivity index (χ4n) is 1.57. The molecule has 2 aromatic rings. The molecule has 2 rings (SSSR count). The second-order valence-corrected chi connectivity index (χ2v) is 3.98. The van der Waals surface area contributed by atoms with Crippen LogP contribution in [0.15, 0.2) is 53.6 Å². The highest BCUT2D eigenvalue weighted by Gasteiger charge is 2.13. The third-order valence-corrected chi connectivity index (χ3v) is 2.63. The van der Waals surface area contributed by atoms with Gasteiger partial charge in [0.15, 0.2) is 5.78 Å². The molecule has 0 unspecified atom stereocenters. The van der Waals surface area contributed by atoms with Crippen LogP contribution in [-0.4, -0.2) is 5.78 Å². The van der Waals surface area contributed by atoms with Gasteiger partial charge in [0.25, 0.3) is 0 Å². The van der Waals surface area contributed by atoms with Gasteiger partial charge in [0, 0.05) is 26.7 Å². The van der Waals surface area contributed by atoms with Crippen molar-refractivity contribution in [1.82, 2.24) is 0 Å². The van der Waals surface area contributed by atoms with Crippen LogP contribution in [0.25, 0.3) is 10.4 Å². The Labute approximate surface area is 108 Å². The molecule has 0 aromatic heterocycles. The lowest BCUT2D eigenvalue weighted by atomic mass is 10.0. The van der Waals surface area contributed by atoms with Gasteiger partial charge in [-0.2, -0.15) is 0 Å². The Balaban J connectivity index is 2.53. The molecule has 0 bridgehead atoms. The Kier molecular flexibility index (Phi) is 3.63. The number of ketones is 1. The van der Waals surface area contributed by atoms with Crippen LogP contribution in [0.2, 0.25) is 5.02 Å². The van der Waals surface area contributed by atoms with E-state index in [1.165, 1.54) is 12.1 Å². The molecule has 0 radical (unpaired) electrons. The predicted octanol–water partition coefficient (Wildman–Crippen LogP) is 4.51. The largest absolute Gasteiger partial charge is 0.289 e. The van der Waals surface area contributed by atoms with Crippen molar-refractivity contribution in [3.8, 4) is 0 Å². The third-order valence-electron chi connectivity index (χ3n) is 2.39. The van der Waals surface area contributed by atoms with Gasteiger partial charge in [-0.15, -0.1) is 0 Å². The highest BCUT2D eigenvalue weighted by molar-refractivity contribution is 6.31. The molecule has 0 amide bonds. The molecule has 0 heterocycles. The summed E-state index contributed by atoms with van der Waals surface area (Å²) in [6.45, 7) is 0. The number of benzene rings is 2. The molecule has 0 fully saturated rings. The molecule has 5 heteroatoms. The maximum absolute atomic E-state index is 12.3. The van der Waals surface area contributed by atoms with E-state index in [2.05, 4.69) is 10.0 Å². The summed E-state index contributed by atoms with van der Waals surface area (Å²) in [4.78, 5) is 15.0. The summed E-state index contributed by atoms with van der Waals surface area (Å²) in [5, 5.41) is 3.92. The Hall–Kier alpha value is -2.29. The quantitative estimate of drug-likeness (QED) is 0.345. The van der Waals surface area contributed by atoms with Crippen molar-refractivity contribution in [3.63, 3.8) is 0 Å². The number of carbonyl (C=O) groups excluding carboxylic acids is 1. The average Bonchev–Trinajstić information content (AvgIpc) is 2.41. The molecule has 4 nitrogen and oxygen atoms in total. The van der Waals surface area contributed by atoms with Crippen LogP contribution in [0, 0.1) is 0 Å². The fourth-order valence-corrected chi connectivity index (χ4v) is 1.74. The van der Waals surface area contributed by atoms with Crippen LogP contribution in [0.3, 0.4) is 0 Å². The molecular formula is C13H8ClN3O. The molecule has 0 N–H and O–H groups in total. The molecule has 0 atom stereocenters. The summed E-state index contributed by atoms with van der Waals surface area (Å²) in [7, 11) is 0. The van der Waals surface area contributed by atoms with Crippen LogP contribution < -0.4 is 0 Å². The van der Waals surface area contributed by atoms with E-state index in [9.17, 15) is 4.79 Å². The Morgan fingerprint density at radius 1 is 1.17 bits per heavy atom. The first-order valence-electron chi connectivity index (χ1n) is 5.17. The van der Waals surface area contributed by atoms with Gasteiger partial charge in [0.1, 0.15) is 0 Å². The topological polar surface area (TPSA) is 65.8 Å². The van der Waals surface area contributed by atoms with Gasteiger partial charge in [-0.05, 0) is 17.7 Å². The molecule has 2 aromatic carbocycles. The number of carbonyl (C=O) groups is 1. The van der Waals surface area contributed by atoms with Crippen LogP contribution >= 0.6 is 11.6 Å². The Morgan fingerprint density at radius 3 is 2.56 bits per heavy atom. The lowest BCUT2D eigenvalue weighted by Gasteiger charge is -2.05. The summed E-state index contributed by atoms with van der Waals surface area (Å²) < 4.78 is 0. The Bertz CT molecular complexity index is 634. The minimum Gasteiger partial charge on any atom is -0.289 e. The second-order valence-electron chi connectivity index (χ2n) is 3.55. The SMILES string of the molecule is [N-]=[N+]=Nc1ccc(Cl)cc1C(=O)c1ccccc1. The smallest absolute Gasteiger partial charge is 0.193 e. The summed E-state index contributed by atoms with van der Waals surface area (Å²) in [5.74, 6) is -0.222. The Morgan fingerprint density at radius 2 is 1.89 bits per heavy atom. The van der Waals surface area contributed by atoms with E-state index < -0.39 is 0 Å². The summed E-state index contributed by atoms with van der Waals surface area (Å²) in [6, 6.07) is 13.4. The van der Waals surface area contributed by atoms with Crippen molar-refractivity contribution < 1.29 is 4.79 Å². The van der Waals surface area contributed by atoms with Crippen LogP contribution in [0.5, 0.6) is 0 Å². The zero-order valence-electron chi connectivity index (χ0n) is 9.25. The van der Waals surface area contributed by atoms with Gasteiger partial charge in [-0.3, -0.25) is 4.79 Å². The van der Waals surface area contributed by atoms with Crippen molar-refractivity contribution in [2.24, 2.45) is 5.11 Å². The molecule has 0 aliphatic carbocycles. The normalized spacial score (nSPS) is 9.61. The molecule has 0 aliphatic heterocycles. The molecule has 18 heavy (non-hydrogen) atoms. The summed E-state index contributed by atoms with van der Waals surface area (Å²) in [6.07, 6.45) is 0. The average molecular weight is 258 g/mol. The van der Waals surface area contributed by atoms with E-state index in [1.807, 2.05) is 6.07 Å². The first-order valence-corrected chi connectivity index (χ1v) is 5.54. The lowest BCUT2D eigenvalue weighted by molar-refractivity contribution is 0.103. The third kappa shape index (κ3) is 2.51. The van der Waals surface area contributed by atoms with E-state index in [1.54, 1.807) is 30.3 Å². The number of nitrogens with zero attached hydrogens (tertiary/aromatic N) is 3.